The largest absolute Gasteiger partial charge is 0.480 e. The van der Waals surface area contributed by atoms with E-state index in [1.54, 1.807) is 0 Å². The van der Waals surface area contributed by atoms with Gasteiger partial charge in [0.1, 0.15) is 6.04 Å². The summed E-state index contributed by atoms with van der Waals surface area (Å²) < 4.78 is 27.4. The van der Waals surface area contributed by atoms with Crippen molar-refractivity contribution >= 4 is 21.9 Å². The van der Waals surface area contributed by atoms with Crippen LogP contribution in [0.4, 0.5) is 0 Å². The molecule has 1 aliphatic rings. The maximum atomic E-state index is 12.9. The van der Waals surface area contributed by atoms with E-state index in [2.05, 4.69) is 5.32 Å². The van der Waals surface area contributed by atoms with Crippen molar-refractivity contribution in [1.29, 1.82) is 0 Å². The Hall–Kier alpha value is -1.93. The summed E-state index contributed by atoms with van der Waals surface area (Å²) >= 11 is 0. The van der Waals surface area contributed by atoms with Crippen molar-refractivity contribution in [3.63, 3.8) is 0 Å². The molecule has 1 amide bonds. The molecular weight excluding hydrogens is 368 g/mol. The fourth-order valence-electron chi connectivity index (χ4n) is 3.30. The van der Waals surface area contributed by atoms with Crippen LogP contribution in [0.25, 0.3) is 0 Å². The Balaban J connectivity index is 2.23. The molecule has 1 saturated heterocycles. The van der Waals surface area contributed by atoms with Crippen molar-refractivity contribution < 1.29 is 23.1 Å². The van der Waals surface area contributed by atoms with Crippen molar-refractivity contribution in [2.45, 2.75) is 63.4 Å². The third-order valence-corrected chi connectivity index (χ3v) is 6.76. The molecule has 2 N–H and O–H groups in total. The summed E-state index contributed by atoms with van der Waals surface area (Å²) in [6.45, 7) is 6.09. The van der Waals surface area contributed by atoms with Gasteiger partial charge in [0.05, 0.1) is 4.90 Å². The third kappa shape index (κ3) is 5.29. The molecule has 0 saturated carbocycles. The summed E-state index contributed by atoms with van der Waals surface area (Å²) in [6, 6.07) is 4.69. The van der Waals surface area contributed by atoms with Crippen LogP contribution in [0.15, 0.2) is 29.2 Å². The average Bonchev–Trinajstić information content (AvgIpc) is 2.61. The van der Waals surface area contributed by atoms with Crippen LogP contribution in [0.5, 0.6) is 0 Å². The summed E-state index contributed by atoms with van der Waals surface area (Å²) in [5.41, 5.74) is 0.135. The molecule has 150 valence electrons. The third-order valence-electron chi connectivity index (χ3n) is 4.76. The zero-order valence-electron chi connectivity index (χ0n) is 16.0. The second-order valence-electron chi connectivity index (χ2n) is 7.48. The number of carbonyl (C=O) groups excluding carboxylic acids is 1. The van der Waals surface area contributed by atoms with E-state index in [0.29, 0.717) is 13.0 Å². The maximum Gasteiger partial charge on any atom is 0.326 e. The second kappa shape index (κ2) is 8.84. The number of carboxylic acids is 1. The highest BCUT2D eigenvalue weighted by Crippen LogP contribution is 2.25. The molecule has 8 heteroatoms. The number of sulfonamides is 1. The first kappa shape index (κ1) is 21.4. The molecule has 1 heterocycles. The van der Waals surface area contributed by atoms with Crippen LogP contribution in [0.3, 0.4) is 0 Å². The summed E-state index contributed by atoms with van der Waals surface area (Å²) in [7, 11) is -3.69. The minimum Gasteiger partial charge on any atom is -0.480 e. The number of hydrogen-bond donors (Lipinski definition) is 2. The van der Waals surface area contributed by atoms with Gasteiger partial charge in [0, 0.05) is 18.2 Å². The number of carbonyl (C=O) groups is 2. The minimum atomic E-state index is -3.69. The minimum absolute atomic E-state index is 0.0552. The molecule has 1 unspecified atom stereocenters. The Morgan fingerprint density at radius 3 is 2.59 bits per heavy atom. The van der Waals surface area contributed by atoms with Gasteiger partial charge in [0.2, 0.25) is 10.0 Å². The zero-order valence-corrected chi connectivity index (χ0v) is 16.8. The molecule has 0 aliphatic carbocycles. The molecule has 27 heavy (non-hydrogen) atoms. The molecule has 0 aromatic heterocycles. The van der Waals surface area contributed by atoms with Crippen LogP contribution in [0.2, 0.25) is 0 Å². The van der Waals surface area contributed by atoms with Gasteiger partial charge in [-0.1, -0.05) is 26.3 Å². The first-order valence-corrected chi connectivity index (χ1v) is 10.7. The number of aliphatic carboxylic acids is 1. The first-order valence-electron chi connectivity index (χ1n) is 9.28. The van der Waals surface area contributed by atoms with E-state index < -0.39 is 27.9 Å². The number of amides is 1. The number of nitrogens with one attached hydrogen (secondary N) is 1. The summed E-state index contributed by atoms with van der Waals surface area (Å²) in [5, 5.41) is 11.8. The average molecular weight is 397 g/mol. The van der Waals surface area contributed by atoms with Gasteiger partial charge in [-0.15, -0.1) is 0 Å². The highest BCUT2D eigenvalue weighted by Gasteiger charge is 2.31. The molecule has 0 bridgehead atoms. The fraction of sp³-hybridized carbons (Fsp3) is 0.579. The number of piperidine rings is 1. The monoisotopic (exact) mass is 396 g/mol. The topological polar surface area (TPSA) is 104 Å². The first-order chi connectivity index (χ1) is 12.6. The zero-order chi connectivity index (χ0) is 20.2. The molecule has 1 aliphatic heterocycles. The Morgan fingerprint density at radius 1 is 1.30 bits per heavy atom. The van der Waals surface area contributed by atoms with Crippen LogP contribution in [-0.2, 0) is 14.8 Å². The SMILES string of the molecule is CC(C)C[C@@H](NC(=O)c1cccc(S(=O)(=O)N2CCCCC2C)c1)C(=O)O. The smallest absolute Gasteiger partial charge is 0.326 e. The molecule has 1 fully saturated rings. The van der Waals surface area contributed by atoms with Gasteiger partial charge >= 0.3 is 5.97 Å². The van der Waals surface area contributed by atoms with Gasteiger partial charge < -0.3 is 10.4 Å². The van der Waals surface area contributed by atoms with Crippen LogP contribution < -0.4 is 5.32 Å². The molecular formula is C19H28N2O5S. The molecule has 2 rings (SSSR count). The predicted molar refractivity (Wildman–Crippen MR) is 102 cm³/mol. The van der Waals surface area contributed by atoms with Gasteiger partial charge in [-0.3, -0.25) is 4.79 Å². The Labute approximate surface area is 160 Å². The summed E-state index contributed by atoms with van der Waals surface area (Å²) in [4.78, 5) is 23.9. The Bertz CT molecular complexity index is 791. The van der Waals surface area contributed by atoms with Crippen molar-refractivity contribution in [3.8, 4) is 0 Å². The number of rotatable bonds is 7. The van der Waals surface area contributed by atoms with Gasteiger partial charge in [-0.25, -0.2) is 13.2 Å². The number of hydrogen-bond acceptors (Lipinski definition) is 4. The van der Waals surface area contributed by atoms with Gasteiger partial charge in [-0.2, -0.15) is 4.31 Å². The van der Waals surface area contributed by atoms with E-state index in [4.69, 9.17) is 0 Å². The Kier molecular flexibility index (Phi) is 7.00. The van der Waals surface area contributed by atoms with E-state index in [1.165, 1.54) is 28.6 Å². The lowest BCUT2D eigenvalue weighted by molar-refractivity contribution is -0.139. The Morgan fingerprint density at radius 2 is 2.00 bits per heavy atom. The van der Waals surface area contributed by atoms with Gasteiger partial charge in [0.25, 0.3) is 5.91 Å². The summed E-state index contributed by atoms with van der Waals surface area (Å²) in [6.07, 6.45) is 2.93. The van der Waals surface area contributed by atoms with E-state index in [0.717, 1.165) is 19.3 Å². The normalized spacial score (nSPS) is 19.6. The van der Waals surface area contributed by atoms with Gasteiger partial charge in [-0.05, 0) is 50.3 Å². The molecule has 7 nitrogen and oxygen atoms in total. The van der Waals surface area contributed by atoms with E-state index in [1.807, 2.05) is 20.8 Å². The van der Waals surface area contributed by atoms with E-state index in [9.17, 15) is 23.1 Å². The lowest BCUT2D eigenvalue weighted by atomic mass is 10.0. The fourth-order valence-corrected chi connectivity index (χ4v) is 5.04. The number of nitrogens with zero attached hydrogens (tertiary/aromatic N) is 1. The van der Waals surface area contributed by atoms with Crippen LogP contribution in [-0.4, -0.2) is 48.3 Å². The maximum absolute atomic E-state index is 12.9. The lowest BCUT2D eigenvalue weighted by Crippen LogP contribution is -2.42. The number of benzene rings is 1. The molecule has 0 spiro atoms. The second-order valence-corrected chi connectivity index (χ2v) is 9.37. The van der Waals surface area contributed by atoms with Crippen molar-refractivity contribution in [2.75, 3.05) is 6.54 Å². The number of carboxylic acid groups (broad SMARTS) is 1. The van der Waals surface area contributed by atoms with Crippen LogP contribution in [0, 0.1) is 5.92 Å². The molecule has 2 atom stereocenters. The highest BCUT2D eigenvalue weighted by molar-refractivity contribution is 7.89. The van der Waals surface area contributed by atoms with E-state index >= 15 is 0 Å². The highest BCUT2D eigenvalue weighted by atomic mass is 32.2. The standard InChI is InChI=1S/C19H28N2O5S/c1-13(2)11-17(19(23)24)20-18(22)15-8-6-9-16(12-15)27(25,26)21-10-5-4-7-14(21)3/h6,8-9,12-14,17H,4-5,7,10-11H2,1-3H3,(H,20,22)(H,23,24)/t14?,17-/m1/s1. The summed E-state index contributed by atoms with van der Waals surface area (Å²) in [5.74, 6) is -1.60. The molecule has 1 aromatic carbocycles. The molecule has 0 radical (unpaired) electrons. The lowest BCUT2D eigenvalue weighted by Gasteiger charge is -2.32. The van der Waals surface area contributed by atoms with Crippen LogP contribution >= 0.6 is 0 Å². The predicted octanol–water partition coefficient (Wildman–Crippen LogP) is 2.48. The van der Waals surface area contributed by atoms with Crippen molar-refractivity contribution in [1.82, 2.24) is 9.62 Å². The van der Waals surface area contributed by atoms with Crippen LogP contribution in [0.1, 0.15) is 56.8 Å². The van der Waals surface area contributed by atoms with E-state index in [-0.39, 0.29) is 22.4 Å². The van der Waals surface area contributed by atoms with Crippen molar-refractivity contribution in [2.24, 2.45) is 5.92 Å². The van der Waals surface area contributed by atoms with Gasteiger partial charge in [0.15, 0.2) is 0 Å². The molecule has 1 aromatic rings. The quantitative estimate of drug-likeness (QED) is 0.737. The van der Waals surface area contributed by atoms with Crippen molar-refractivity contribution in [3.05, 3.63) is 29.8 Å².